The quantitative estimate of drug-likeness (QED) is 0.683. The van der Waals surface area contributed by atoms with E-state index in [9.17, 15) is 8.42 Å². The SMILES string of the molecule is Cc1cc(NCCCS(N)(=O)=O)no1. The average molecular weight is 219 g/mol. The van der Waals surface area contributed by atoms with Crippen LogP contribution in [0.5, 0.6) is 0 Å². The van der Waals surface area contributed by atoms with Crippen molar-refractivity contribution in [2.75, 3.05) is 17.6 Å². The third-order valence-electron chi connectivity index (χ3n) is 1.54. The lowest BCUT2D eigenvalue weighted by molar-refractivity contribution is 0.399. The van der Waals surface area contributed by atoms with Crippen LogP contribution >= 0.6 is 0 Å². The number of nitrogens with two attached hydrogens (primary N) is 1. The van der Waals surface area contributed by atoms with Crippen molar-refractivity contribution in [3.63, 3.8) is 0 Å². The zero-order valence-electron chi connectivity index (χ0n) is 7.86. The molecule has 0 saturated carbocycles. The molecule has 14 heavy (non-hydrogen) atoms. The number of anilines is 1. The molecule has 1 heterocycles. The molecule has 0 aliphatic heterocycles. The van der Waals surface area contributed by atoms with Gasteiger partial charge in [0, 0.05) is 12.6 Å². The van der Waals surface area contributed by atoms with Crippen LogP contribution < -0.4 is 10.5 Å². The van der Waals surface area contributed by atoms with Gasteiger partial charge in [-0.1, -0.05) is 5.16 Å². The summed E-state index contributed by atoms with van der Waals surface area (Å²) in [6, 6.07) is 1.73. The van der Waals surface area contributed by atoms with E-state index in [4.69, 9.17) is 9.66 Å². The minimum Gasteiger partial charge on any atom is -0.367 e. The number of primary sulfonamides is 1. The fourth-order valence-electron chi connectivity index (χ4n) is 0.940. The van der Waals surface area contributed by atoms with E-state index in [0.717, 1.165) is 0 Å². The van der Waals surface area contributed by atoms with Crippen LogP contribution in [0.1, 0.15) is 12.2 Å². The van der Waals surface area contributed by atoms with Gasteiger partial charge in [-0.3, -0.25) is 0 Å². The summed E-state index contributed by atoms with van der Waals surface area (Å²) in [5, 5.41) is 11.4. The molecule has 0 atom stereocenters. The van der Waals surface area contributed by atoms with Crippen molar-refractivity contribution in [3.05, 3.63) is 11.8 Å². The average Bonchev–Trinajstić information content (AvgIpc) is 2.44. The van der Waals surface area contributed by atoms with Crippen molar-refractivity contribution in [1.82, 2.24) is 5.16 Å². The Labute approximate surface area is 82.5 Å². The minimum absolute atomic E-state index is 0.0309. The van der Waals surface area contributed by atoms with Crippen molar-refractivity contribution in [2.45, 2.75) is 13.3 Å². The maximum Gasteiger partial charge on any atom is 0.209 e. The van der Waals surface area contributed by atoms with Gasteiger partial charge in [0.05, 0.1) is 5.75 Å². The summed E-state index contributed by atoms with van der Waals surface area (Å²) in [4.78, 5) is 0. The molecule has 7 heteroatoms. The van der Waals surface area contributed by atoms with Gasteiger partial charge in [0.2, 0.25) is 10.0 Å². The highest BCUT2D eigenvalue weighted by molar-refractivity contribution is 7.89. The number of sulfonamides is 1. The molecule has 0 fully saturated rings. The van der Waals surface area contributed by atoms with Crippen molar-refractivity contribution < 1.29 is 12.9 Å². The first kappa shape index (κ1) is 11.0. The molecule has 1 aromatic heterocycles. The Balaban J connectivity index is 2.23. The van der Waals surface area contributed by atoms with Gasteiger partial charge in [0.1, 0.15) is 5.76 Å². The molecule has 0 bridgehead atoms. The highest BCUT2D eigenvalue weighted by Crippen LogP contribution is 2.06. The molecule has 0 unspecified atom stereocenters. The molecule has 0 aromatic carbocycles. The van der Waals surface area contributed by atoms with Crippen LogP contribution in [-0.4, -0.2) is 25.9 Å². The molecule has 1 aromatic rings. The Morgan fingerprint density at radius 2 is 2.36 bits per heavy atom. The van der Waals surface area contributed by atoms with Crippen LogP contribution in [0.3, 0.4) is 0 Å². The van der Waals surface area contributed by atoms with Crippen molar-refractivity contribution in [1.29, 1.82) is 0 Å². The third kappa shape index (κ3) is 4.24. The lowest BCUT2D eigenvalue weighted by Crippen LogP contribution is -2.18. The minimum atomic E-state index is -3.36. The van der Waals surface area contributed by atoms with Crippen LogP contribution in [0.2, 0.25) is 0 Å². The van der Waals surface area contributed by atoms with Crippen LogP contribution in [0.15, 0.2) is 10.6 Å². The van der Waals surface area contributed by atoms with Crippen LogP contribution in [0, 0.1) is 6.92 Å². The number of hydrogen-bond acceptors (Lipinski definition) is 5. The molecule has 0 radical (unpaired) electrons. The molecule has 0 spiro atoms. The summed E-state index contributed by atoms with van der Waals surface area (Å²) in [5.41, 5.74) is 0. The molecule has 0 aliphatic rings. The Bertz CT molecular complexity index is 385. The Kier molecular flexibility index (Phi) is 3.48. The van der Waals surface area contributed by atoms with E-state index < -0.39 is 10.0 Å². The fraction of sp³-hybridized carbons (Fsp3) is 0.571. The van der Waals surface area contributed by atoms with E-state index in [0.29, 0.717) is 24.5 Å². The standard InChI is InChI=1S/C7H13N3O3S/c1-6-5-7(10-13-6)9-3-2-4-14(8,11)12/h5H,2-4H2,1H3,(H,9,10)(H2,8,11,12). The predicted molar refractivity (Wildman–Crippen MR) is 52.3 cm³/mol. The normalized spacial score (nSPS) is 11.6. The van der Waals surface area contributed by atoms with Gasteiger partial charge in [0.15, 0.2) is 5.82 Å². The number of hydrogen-bond donors (Lipinski definition) is 2. The first-order valence-electron chi connectivity index (χ1n) is 4.15. The summed E-state index contributed by atoms with van der Waals surface area (Å²) in [6.07, 6.45) is 0.449. The Morgan fingerprint density at radius 1 is 1.64 bits per heavy atom. The second-order valence-electron chi connectivity index (χ2n) is 2.97. The summed E-state index contributed by atoms with van der Waals surface area (Å²) >= 11 is 0. The molecule has 0 aliphatic carbocycles. The van der Waals surface area contributed by atoms with Gasteiger partial charge in [-0.05, 0) is 13.3 Å². The Morgan fingerprint density at radius 3 is 2.86 bits per heavy atom. The maximum atomic E-state index is 10.6. The topological polar surface area (TPSA) is 98.2 Å². The van der Waals surface area contributed by atoms with Crippen molar-refractivity contribution in [3.8, 4) is 0 Å². The van der Waals surface area contributed by atoms with Crippen LogP contribution in [0.25, 0.3) is 0 Å². The predicted octanol–water partition coefficient (Wildman–Crippen LogP) is 0.0735. The van der Waals surface area contributed by atoms with E-state index in [-0.39, 0.29) is 5.75 Å². The molecular weight excluding hydrogens is 206 g/mol. The molecule has 0 saturated heterocycles. The molecule has 80 valence electrons. The number of nitrogens with one attached hydrogen (secondary N) is 1. The van der Waals surface area contributed by atoms with Gasteiger partial charge < -0.3 is 9.84 Å². The zero-order valence-corrected chi connectivity index (χ0v) is 8.67. The van der Waals surface area contributed by atoms with Crippen LogP contribution in [-0.2, 0) is 10.0 Å². The smallest absolute Gasteiger partial charge is 0.209 e. The third-order valence-corrected chi connectivity index (χ3v) is 2.40. The summed E-state index contributed by atoms with van der Waals surface area (Å²) in [6.45, 7) is 2.28. The van der Waals surface area contributed by atoms with Gasteiger partial charge >= 0.3 is 0 Å². The highest BCUT2D eigenvalue weighted by Gasteiger charge is 2.02. The summed E-state index contributed by atoms with van der Waals surface area (Å²) in [5.74, 6) is 1.28. The summed E-state index contributed by atoms with van der Waals surface area (Å²) in [7, 11) is -3.36. The first-order valence-corrected chi connectivity index (χ1v) is 5.86. The summed E-state index contributed by atoms with van der Waals surface area (Å²) < 4.78 is 25.9. The number of aryl methyl sites for hydroxylation is 1. The maximum absolute atomic E-state index is 10.6. The van der Waals surface area contributed by atoms with E-state index in [2.05, 4.69) is 10.5 Å². The fourth-order valence-corrected chi connectivity index (χ4v) is 1.49. The Hall–Kier alpha value is -1.08. The number of nitrogens with zero attached hydrogens (tertiary/aromatic N) is 1. The lowest BCUT2D eigenvalue weighted by Gasteiger charge is -2.00. The van der Waals surface area contributed by atoms with Crippen LogP contribution in [0.4, 0.5) is 5.82 Å². The van der Waals surface area contributed by atoms with Crippen molar-refractivity contribution >= 4 is 15.8 Å². The van der Waals surface area contributed by atoms with Gasteiger partial charge in [-0.2, -0.15) is 0 Å². The molecular formula is C7H13N3O3S. The van der Waals surface area contributed by atoms with Crippen molar-refractivity contribution in [2.24, 2.45) is 5.14 Å². The van der Waals surface area contributed by atoms with Gasteiger partial charge in [0.25, 0.3) is 0 Å². The molecule has 3 N–H and O–H groups in total. The first-order chi connectivity index (χ1) is 6.47. The number of aromatic nitrogens is 1. The van der Waals surface area contributed by atoms with E-state index in [1.54, 1.807) is 13.0 Å². The molecule has 0 amide bonds. The van der Waals surface area contributed by atoms with Gasteiger partial charge in [-0.15, -0.1) is 0 Å². The van der Waals surface area contributed by atoms with Gasteiger partial charge in [-0.25, -0.2) is 13.6 Å². The van der Waals surface area contributed by atoms with E-state index in [1.807, 2.05) is 0 Å². The number of rotatable bonds is 5. The lowest BCUT2D eigenvalue weighted by atomic mass is 10.4. The zero-order chi connectivity index (χ0) is 10.6. The second kappa shape index (κ2) is 4.43. The highest BCUT2D eigenvalue weighted by atomic mass is 32.2. The monoisotopic (exact) mass is 219 g/mol. The second-order valence-corrected chi connectivity index (χ2v) is 4.70. The van der Waals surface area contributed by atoms with E-state index >= 15 is 0 Å². The van der Waals surface area contributed by atoms with E-state index in [1.165, 1.54) is 0 Å². The molecule has 6 nitrogen and oxygen atoms in total. The molecule has 1 rings (SSSR count). The largest absolute Gasteiger partial charge is 0.367 e.